The summed E-state index contributed by atoms with van der Waals surface area (Å²) in [5.41, 5.74) is 0. The van der Waals surface area contributed by atoms with Crippen molar-refractivity contribution >= 4 is 34.1 Å². The van der Waals surface area contributed by atoms with E-state index in [1.807, 2.05) is 12.1 Å². The number of thioether (sulfide) groups is 1. The highest BCUT2D eigenvalue weighted by molar-refractivity contribution is 8.01. The van der Waals surface area contributed by atoms with E-state index in [9.17, 15) is 4.79 Å². The molecule has 25 heavy (non-hydrogen) atoms. The van der Waals surface area contributed by atoms with Gasteiger partial charge in [-0.15, -0.1) is 10.2 Å². The van der Waals surface area contributed by atoms with E-state index < -0.39 is 0 Å². The Kier molecular flexibility index (Phi) is 8.46. The van der Waals surface area contributed by atoms with E-state index in [4.69, 9.17) is 15.3 Å². The summed E-state index contributed by atoms with van der Waals surface area (Å²) in [5.74, 6) is 0.122. The Labute approximate surface area is 155 Å². The molecule has 0 radical (unpaired) electrons. The van der Waals surface area contributed by atoms with Crippen LogP contribution in [0, 0.1) is 22.7 Å². The van der Waals surface area contributed by atoms with Crippen LogP contribution in [0.2, 0.25) is 0 Å². The molecule has 1 aromatic heterocycles. The van der Waals surface area contributed by atoms with E-state index in [0.29, 0.717) is 24.0 Å². The number of anilines is 1. The average Bonchev–Trinajstić information content (AvgIpc) is 3.29. The first-order valence-electron chi connectivity index (χ1n) is 8.06. The van der Waals surface area contributed by atoms with Crippen molar-refractivity contribution in [2.24, 2.45) is 0 Å². The van der Waals surface area contributed by atoms with Crippen LogP contribution in [0.25, 0.3) is 0 Å². The zero-order chi connectivity index (χ0) is 17.9. The van der Waals surface area contributed by atoms with Crippen LogP contribution >= 0.6 is 23.1 Å². The first-order valence-corrected chi connectivity index (χ1v) is 9.86. The van der Waals surface area contributed by atoms with Gasteiger partial charge in [-0.3, -0.25) is 4.79 Å². The summed E-state index contributed by atoms with van der Waals surface area (Å²) in [6, 6.07) is 4.04. The van der Waals surface area contributed by atoms with Gasteiger partial charge in [0.25, 0.3) is 0 Å². The van der Waals surface area contributed by atoms with E-state index >= 15 is 0 Å². The molecule has 1 aromatic rings. The normalized spacial score (nSPS) is 16.2. The molecule has 2 heterocycles. The molecule has 1 aliphatic heterocycles. The van der Waals surface area contributed by atoms with Gasteiger partial charge in [0.15, 0.2) is 4.34 Å². The van der Waals surface area contributed by atoms with Gasteiger partial charge in [0, 0.05) is 26.2 Å². The van der Waals surface area contributed by atoms with Crippen LogP contribution in [0.15, 0.2) is 4.34 Å². The third-order valence-corrected chi connectivity index (χ3v) is 5.57. The quantitative estimate of drug-likeness (QED) is 0.612. The Balaban J connectivity index is 1.76. The van der Waals surface area contributed by atoms with Crippen LogP contribution in [0.3, 0.4) is 0 Å². The van der Waals surface area contributed by atoms with Crippen LogP contribution in [-0.4, -0.2) is 59.1 Å². The lowest BCUT2D eigenvalue weighted by Gasteiger charge is -2.19. The molecule has 0 spiro atoms. The molecule has 8 nitrogen and oxygen atoms in total. The number of nitriles is 2. The maximum atomic E-state index is 12.2. The summed E-state index contributed by atoms with van der Waals surface area (Å²) in [5, 5.41) is 29.4. The minimum absolute atomic E-state index is 0.0976. The largest absolute Gasteiger partial charge is 0.376 e. The number of aromatic nitrogens is 2. The monoisotopic (exact) mass is 380 g/mol. The van der Waals surface area contributed by atoms with Gasteiger partial charge in [0.1, 0.15) is 0 Å². The summed E-state index contributed by atoms with van der Waals surface area (Å²) in [4.78, 5) is 13.8. The number of nitrogens with one attached hydrogen (secondary N) is 1. The molecular weight excluding hydrogens is 360 g/mol. The molecule has 2 rings (SSSR count). The molecule has 1 aliphatic rings. The highest BCUT2D eigenvalue weighted by Gasteiger charge is 2.17. The van der Waals surface area contributed by atoms with Crippen LogP contribution in [0.1, 0.15) is 25.7 Å². The minimum Gasteiger partial charge on any atom is -0.376 e. The third-order valence-electron chi connectivity index (χ3n) is 3.57. The second-order valence-electron chi connectivity index (χ2n) is 5.37. The number of carbonyl (C=O) groups excluding carboxylic acids is 1. The van der Waals surface area contributed by atoms with Crippen molar-refractivity contribution in [1.29, 1.82) is 10.5 Å². The highest BCUT2D eigenvalue weighted by Crippen LogP contribution is 2.26. The van der Waals surface area contributed by atoms with Crippen LogP contribution < -0.4 is 5.32 Å². The number of amides is 1. The fourth-order valence-electron chi connectivity index (χ4n) is 2.29. The maximum absolute atomic E-state index is 12.2. The molecule has 0 unspecified atom stereocenters. The van der Waals surface area contributed by atoms with E-state index in [1.165, 1.54) is 23.1 Å². The molecule has 0 aliphatic carbocycles. The predicted molar refractivity (Wildman–Crippen MR) is 95.1 cm³/mol. The van der Waals surface area contributed by atoms with Crippen molar-refractivity contribution in [3.05, 3.63) is 0 Å². The lowest BCUT2D eigenvalue weighted by atomic mass is 10.2. The first-order chi connectivity index (χ1) is 12.2. The van der Waals surface area contributed by atoms with E-state index in [0.717, 1.165) is 24.6 Å². The lowest BCUT2D eigenvalue weighted by molar-refractivity contribution is -0.128. The topological polar surface area (TPSA) is 115 Å². The summed E-state index contributed by atoms with van der Waals surface area (Å²) in [6.07, 6.45) is 2.91. The van der Waals surface area contributed by atoms with Gasteiger partial charge >= 0.3 is 0 Å². The van der Waals surface area contributed by atoms with Crippen molar-refractivity contribution < 1.29 is 9.53 Å². The van der Waals surface area contributed by atoms with Crippen molar-refractivity contribution in [2.75, 3.05) is 37.3 Å². The van der Waals surface area contributed by atoms with Gasteiger partial charge in [-0.05, 0) is 12.8 Å². The molecule has 0 aromatic carbocycles. The van der Waals surface area contributed by atoms with E-state index in [-0.39, 0.29) is 30.6 Å². The van der Waals surface area contributed by atoms with E-state index in [2.05, 4.69) is 15.5 Å². The second-order valence-corrected chi connectivity index (χ2v) is 7.57. The van der Waals surface area contributed by atoms with Gasteiger partial charge in [-0.2, -0.15) is 10.5 Å². The highest BCUT2D eigenvalue weighted by atomic mass is 32.2. The summed E-state index contributed by atoms with van der Waals surface area (Å²) in [7, 11) is 0. The van der Waals surface area contributed by atoms with Gasteiger partial charge in [-0.1, -0.05) is 23.1 Å². The number of hydrogen-bond donors (Lipinski definition) is 1. The molecule has 1 N–H and O–H groups in total. The fourth-order valence-corrected chi connectivity index (χ4v) is 3.95. The number of ether oxygens (including phenoxy) is 1. The Morgan fingerprint density at radius 2 is 2.12 bits per heavy atom. The first kappa shape index (κ1) is 19.4. The standard InChI is InChI=1S/C15H20N6O2S2/c16-5-2-7-21(8-3-6-17)13(22)11-24-15-20-19-14(25-15)18-10-12-4-1-9-23-12/h12H,1-4,7-11H2,(H,18,19)/t12-/m1/s1. The molecule has 0 bridgehead atoms. The van der Waals surface area contributed by atoms with E-state index in [1.54, 1.807) is 4.90 Å². The molecule has 0 saturated carbocycles. The fraction of sp³-hybridized carbons (Fsp3) is 0.667. The molecule has 1 saturated heterocycles. The molecule has 10 heteroatoms. The average molecular weight is 380 g/mol. The predicted octanol–water partition coefficient (Wildman–Crippen LogP) is 1.88. The Morgan fingerprint density at radius 3 is 2.76 bits per heavy atom. The summed E-state index contributed by atoms with van der Waals surface area (Å²) in [6.45, 7) is 2.23. The molecule has 1 atom stereocenters. The SMILES string of the molecule is N#CCCN(CCC#N)C(=O)CSc1nnc(NC[C@H]2CCCO2)s1. The number of rotatable bonds is 10. The Hall–Kier alpha value is -1.88. The Bertz CT molecular complexity index is 615. The second kappa shape index (κ2) is 10.9. The zero-order valence-electron chi connectivity index (χ0n) is 13.8. The van der Waals surface area contributed by atoms with Crippen LogP contribution in [-0.2, 0) is 9.53 Å². The summed E-state index contributed by atoms with van der Waals surface area (Å²) < 4.78 is 6.26. The number of carbonyl (C=O) groups is 1. The molecule has 134 valence electrons. The van der Waals surface area contributed by atoms with Gasteiger partial charge in [-0.25, -0.2) is 0 Å². The van der Waals surface area contributed by atoms with Crippen molar-refractivity contribution in [1.82, 2.24) is 15.1 Å². The number of nitrogens with zero attached hydrogens (tertiary/aromatic N) is 5. The van der Waals surface area contributed by atoms with Gasteiger partial charge in [0.2, 0.25) is 11.0 Å². The van der Waals surface area contributed by atoms with Gasteiger partial charge < -0.3 is 15.0 Å². The van der Waals surface area contributed by atoms with Crippen molar-refractivity contribution in [3.63, 3.8) is 0 Å². The Morgan fingerprint density at radius 1 is 1.36 bits per heavy atom. The number of hydrogen-bond acceptors (Lipinski definition) is 9. The molecule has 1 fully saturated rings. The maximum Gasteiger partial charge on any atom is 0.233 e. The third kappa shape index (κ3) is 6.86. The van der Waals surface area contributed by atoms with Crippen LogP contribution in [0.5, 0.6) is 0 Å². The van der Waals surface area contributed by atoms with Crippen LogP contribution in [0.4, 0.5) is 5.13 Å². The summed E-state index contributed by atoms with van der Waals surface area (Å²) >= 11 is 2.72. The minimum atomic E-state index is -0.0976. The van der Waals surface area contributed by atoms with Gasteiger partial charge in [0.05, 0.1) is 36.8 Å². The zero-order valence-corrected chi connectivity index (χ0v) is 15.4. The molecule has 1 amide bonds. The lowest BCUT2D eigenvalue weighted by Crippen LogP contribution is -2.34. The van der Waals surface area contributed by atoms with Crippen molar-refractivity contribution in [2.45, 2.75) is 36.1 Å². The van der Waals surface area contributed by atoms with Crippen molar-refractivity contribution in [3.8, 4) is 12.1 Å². The molecular formula is C15H20N6O2S2. The smallest absolute Gasteiger partial charge is 0.233 e.